The topological polar surface area (TPSA) is 61.4 Å². The number of halogens is 1. The predicted octanol–water partition coefficient (Wildman–Crippen LogP) is 2.43. The van der Waals surface area contributed by atoms with Crippen molar-refractivity contribution in [2.75, 3.05) is 26.2 Å². The molecule has 0 aromatic heterocycles. The average molecular weight is 363 g/mol. The van der Waals surface area contributed by atoms with Crippen LogP contribution in [0.5, 0.6) is 0 Å². The molecule has 144 valence electrons. The third kappa shape index (κ3) is 6.09. The molecular weight excluding hydrogens is 333 g/mol. The summed E-state index contributed by atoms with van der Waals surface area (Å²) in [5, 5.41) is 5.73. The lowest BCUT2D eigenvalue weighted by molar-refractivity contribution is -0.124. The third-order valence-electron chi connectivity index (χ3n) is 4.74. The van der Waals surface area contributed by atoms with Crippen LogP contribution in [0, 0.1) is 17.7 Å². The second-order valence-corrected chi connectivity index (χ2v) is 7.56. The summed E-state index contributed by atoms with van der Waals surface area (Å²) in [5.41, 5.74) is 0.340. The number of nitrogens with one attached hydrogen (secondary N) is 2. The van der Waals surface area contributed by atoms with Crippen LogP contribution in [-0.2, 0) is 4.79 Å². The van der Waals surface area contributed by atoms with Gasteiger partial charge in [-0.05, 0) is 62.0 Å². The molecule has 26 heavy (non-hydrogen) atoms. The quantitative estimate of drug-likeness (QED) is 0.746. The molecule has 0 radical (unpaired) electrons. The van der Waals surface area contributed by atoms with Gasteiger partial charge < -0.3 is 15.5 Å². The smallest absolute Gasteiger partial charge is 0.251 e. The lowest BCUT2D eigenvalue weighted by atomic mass is 10.0. The van der Waals surface area contributed by atoms with E-state index in [-0.39, 0.29) is 17.7 Å². The van der Waals surface area contributed by atoms with Crippen LogP contribution in [0.15, 0.2) is 24.3 Å². The first-order chi connectivity index (χ1) is 12.4. The van der Waals surface area contributed by atoms with Crippen LogP contribution in [0.25, 0.3) is 0 Å². The van der Waals surface area contributed by atoms with Crippen LogP contribution in [0.3, 0.4) is 0 Å². The Morgan fingerprint density at radius 2 is 1.73 bits per heavy atom. The van der Waals surface area contributed by atoms with Gasteiger partial charge >= 0.3 is 0 Å². The van der Waals surface area contributed by atoms with Crippen molar-refractivity contribution >= 4 is 11.8 Å². The van der Waals surface area contributed by atoms with Crippen molar-refractivity contribution in [3.8, 4) is 0 Å². The fraction of sp³-hybridized carbons (Fsp3) is 0.600. The highest BCUT2D eigenvalue weighted by atomic mass is 19.1. The standard InChI is InChI=1S/C20H30FN3O2/c1-14(2)18(23-19(25)16-6-8-17(21)9-7-16)20(26)22-12-15(3)13-24-10-4-5-11-24/h6-9,14-15,18H,4-5,10-13H2,1-3H3,(H,22,26)(H,23,25). The Morgan fingerprint density at radius 1 is 1.12 bits per heavy atom. The highest BCUT2D eigenvalue weighted by Gasteiger charge is 2.25. The van der Waals surface area contributed by atoms with Gasteiger partial charge in [-0.3, -0.25) is 9.59 Å². The second-order valence-electron chi connectivity index (χ2n) is 7.56. The zero-order chi connectivity index (χ0) is 19.1. The van der Waals surface area contributed by atoms with Gasteiger partial charge in [-0.2, -0.15) is 0 Å². The average Bonchev–Trinajstić information content (AvgIpc) is 3.10. The Labute approximate surface area is 155 Å². The molecule has 1 heterocycles. The minimum atomic E-state index is -0.619. The normalized spacial score (nSPS) is 17.1. The van der Waals surface area contributed by atoms with Gasteiger partial charge in [-0.25, -0.2) is 4.39 Å². The molecule has 1 saturated heterocycles. The van der Waals surface area contributed by atoms with Crippen molar-refractivity contribution in [2.24, 2.45) is 11.8 Å². The van der Waals surface area contributed by atoms with Crippen molar-refractivity contribution in [1.82, 2.24) is 15.5 Å². The molecule has 0 spiro atoms. The molecule has 1 aromatic rings. The summed E-state index contributed by atoms with van der Waals surface area (Å²) in [6, 6.07) is 4.68. The molecule has 2 unspecified atom stereocenters. The summed E-state index contributed by atoms with van der Waals surface area (Å²) in [5.74, 6) is -0.634. The van der Waals surface area contributed by atoms with Crippen molar-refractivity contribution in [2.45, 2.75) is 39.7 Å². The van der Waals surface area contributed by atoms with Crippen LogP contribution >= 0.6 is 0 Å². The molecule has 1 aromatic carbocycles. The number of benzene rings is 1. The van der Waals surface area contributed by atoms with Gasteiger partial charge in [0.2, 0.25) is 5.91 Å². The van der Waals surface area contributed by atoms with E-state index in [1.54, 1.807) is 0 Å². The maximum Gasteiger partial charge on any atom is 0.251 e. The van der Waals surface area contributed by atoms with Gasteiger partial charge in [-0.15, -0.1) is 0 Å². The minimum absolute atomic E-state index is 0.0479. The fourth-order valence-corrected chi connectivity index (χ4v) is 3.22. The highest BCUT2D eigenvalue weighted by molar-refractivity contribution is 5.97. The Hall–Kier alpha value is -1.95. The van der Waals surface area contributed by atoms with Crippen LogP contribution < -0.4 is 10.6 Å². The van der Waals surface area contributed by atoms with E-state index in [1.165, 1.54) is 37.1 Å². The van der Waals surface area contributed by atoms with Crippen LogP contribution in [0.2, 0.25) is 0 Å². The van der Waals surface area contributed by atoms with E-state index < -0.39 is 11.9 Å². The summed E-state index contributed by atoms with van der Waals surface area (Å²) in [7, 11) is 0. The molecule has 1 aliphatic rings. The van der Waals surface area contributed by atoms with Gasteiger partial charge in [0.1, 0.15) is 11.9 Å². The van der Waals surface area contributed by atoms with Gasteiger partial charge in [0.15, 0.2) is 0 Å². The number of hydrogen-bond donors (Lipinski definition) is 2. The second kappa shape index (κ2) is 9.67. The number of nitrogens with zero attached hydrogens (tertiary/aromatic N) is 1. The van der Waals surface area contributed by atoms with E-state index in [2.05, 4.69) is 22.5 Å². The van der Waals surface area contributed by atoms with E-state index in [9.17, 15) is 14.0 Å². The molecule has 0 bridgehead atoms. The van der Waals surface area contributed by atoms with Crippen molar-refractivity contribution < 1.29 is 14.0 Å². The van der Waals surface area contributed by atoms with E-state index in [1.807, 2.05) is 13.8 Å². The highest BCUT2D eigenvalue weighted by Crippen LogP contribution is 2.10. The lowest BCUT2D eigenvalue weighted by Gasteiger charge is -2.24. The maximum absolute atomic E-state index is 13.0. The minimum Gasteiger partial charge on any atom is -0.354 e. The molecule has 0 saturated carbocycles. The van der Waals surface area contributed by atoms with Crippen LogP contribution in [0.4, 0.5) is 4.39 Å². The molecule has 2 atom stereocenters. The number of likely N-dealkylation sites (tertiary alicyclic amines) is 1. The van der Waals surface area contributed by atoms with Gasteiger partial charge in [-0.1, -0.05) is 20.8 Å². The summed E-state index contributed by atoms with van der Waals surface area (Å²) in [6.07, 6.45) is 2.51. The number of amides is 2. The molecule has 6 heteroatoms. The first kappa shape index (κ1) is 20.4. The maximum atomic E-state index is 13.0. The predicted molar refractivity (Wildman–Crippen MR) is 100 cm³/mol. The molecule has 5 nitrogen and oxygen atoms in total. The number of rotatable bonds is 8. The Bertz CT molecular complexity index is 598. The molecule has 0 aliphatic carbocycles. The van der Waals surface area contributed by atoms with E-state index in [0.717, 1.165) is 19.6 Å². The summed E-state index contributed by atoms with van der Waals surface area (Å²) >= 11 is 0. The molecule has 2 rings (SSSR count). The van der Waals surface area contributed by atoms with Crippen molar-refractivity contribution in [3.05, 3.63) is 35.6 Å². The molecule has 2 amide bonds. The zero-order valence-electron chi connectivity index (χ0n) is 15.9. The monoisotopic (exact) mass is 363 g/mol. The molecule has 2 N–H and O–H groups in total. The van der Waals surface area contributed by atoms with Gasteiger partial charge in [0, 0.05) is 18.7 Å². The molecular formula is C20H30FN3O2. The Kier molecular flexibility index (Phi) is 7.57. The summed E-state index contributed by atoms with van der Waals surface area (Å²) in [4.78, 5) is 27.3. The fourth-order valence-electron chi connectivity index (χ4n) is 3.22. The molecule has 1 aliphatic heterocycles. The van der Waals surface area contributed by atoms with E-state index in [4.69, 9.17) is 0 Å². The van der Waals surface area contributed by atoms with Crippen molar-refractivity contribution in [1.29, 1.82) is 0 Å². The number of hydrogen-bond acceptors (Lipinski definition) is 3. The van der Waals surface area contributed by atoms with Crippen molar-refractivity contribution in [3.63, 3.8) is 0 Å². The van der Waals surface area contributed by atoms with E-state index >= 15 is 0 Å². The lowest BCUT2D eigenvalue weighted by Crippen LogP contribution is -2.50. The Morgan fingerprint density at radius 3 is 2.31 bits per heavy atom. The Balaban J connectivity index is 1.85. The van der Waals surface area contributed by atoms with E-state index in [0.29, 0.717) is 18.0 Å². The van der Waals surface area contributed by atoms with Gasteiger partial charge in [0.25, 0.3) is 5.91 Å². The third-order valence-corrected chi connectivity index (χ3v) is 4.74. The SMILES string of the molecule is CC(CNC(=O)C(NC(=O)c1ccc(F)cc1)C(C)C)CN1CCCC1. The summed E-state index contributed by atoms with van der Waals surface area (Å²) < 4.78 is 13.0. The van der Waals surface area contributed by atoms with Crippen LogP contribution in [0.1, 0.15) is 44.0 Å². The number of carbonyl (C=O) groups is 2. The van der Waals surface area contributed by atoms with Gasteiger partial charge in [0.05, 0.1) is 0 Å². The number of carbonyl (C=O) groups excluding carboxylic acids is 2. The first-order valence-corrected chi connectivity index (χ1v) is 9.43. The zero-order valence-corrected chi connectivity index (χ0v) is 15.9. The summed E-state index contributed by atoms with van der Waals surface area (Å²) in [6.45, 7) is 9.76. The first-order valence-electron chi connectivity index (χ1n) is 9.43. The van der Waals surface area contributed by atoms with Crippen LogP contribution in [-0.4, -0.2) is 48.9 Å². The molecule has 1 fully saturated rings. The largest absolute Gasteiger partial charge is 0.354 e.